The first-order chi connectivity index (χ1) is 12.0. The van der Waals surface area contributed by atoms with Gasteiger partial charge in [-0.3, -0.25) is 9.59 Å². The third-order valence-corrected chi connectivity index (χ3v) is 4.59. The van der Waals surface area contributed by atoms with Crippen molar-refractivity contribution in [3.63, 3.8) is 0 Å². The van der Waals surface area contributed by atoms with E-state index in [0.717, 1.165) is 12.2 Å². The lowest BCUT2D eigenvalue weighted by Crippen LogP contribution is -2.44. The van der Waals surface area contributed by atoms with E-state index in [0.29, 0.717) is 31.7 Å². The lowest BCUT2D eigenvalue weighted by Gasteiger charge is -2.23. The quantitative estimate of drug-likeness (QED) is 0.879. The molecule has 0 radical (unpaired) electrons. The zero-order chi connectivity index (χ0) is 17.8. The Hall–Kier alpha value is -2.56. The summed E-state index contributed by atoms with van der Waals surface area (Å²) in [5, 5.41) is 2.97. The van der Waals surface area contributed by atoms with Gasteiger partial charge in [-0.2, -0.15) is 0 Å². The van der Waals surface area contributed by atoms with E-state index >= 15 is 0 Å². The molecular weight excluding hydrogens is 316 g/mol. The van der Waals surface area contributed by atoms with Crippen LogP contribution in [0.2, 0.25) is 0 Å². The van der Waals surface area contributed by atoms with E-state index in [1.807, 2.05) is 19.1 Å². The zero-order valence-electron chi connectivity index (χ0n) is 14.7. The Balaban J connectivity index is 1.54. The number of nitrogens with zero attached hydrogens (tertiary/aromatic N) is 1. The lowest BCUT2D eigenvalue weighted by molar-refractivity contribution is -0.136. The van der Waals surface area contributed by atoms with Crippen molar-refractivity contribution in [1.29, 1.82) is 0 Å². The first-order valence-electron chi connectivity index (χ1n) is 8.71. The number of amides is 2. The molecule has 1 saturated heterocycles. The minimum absolute atomic E-state index is 0.00716. The number of furan rings is 1. The van der Waals surface area contributed by atoms with E-state index in [4.69, 9.17) is 4.42 Å². The Morgan fingerprint density at radius 1 is 1.20 bits per heavy atom. The third-order valence-electron chi connectivity index (χ3n) is 4.59. The van der Waals surface area contributed by atoms with E-state index in [1.165, 1.54) is 11.1 Å². The molecule has 3 rings (SSSR count). The summed E-state index contributed by atoms with van der Waals surface area (Å²) in [7, 11) is 0. The lowest BCUT2D eigenvalue weighted by atomic mass is 10.1. The van der Waals surface area contributed by atoms with Crippen LogP contribution >= 0.6 is 0 Å². The standard InChI is InChI=1S/C20H24N2O3/c1-14-3-6-16(7-4-14)11-12-21-20(24)18-9-10-19(23)22(18)13-17-8-5-15(2)25-17/h3-8,18H,9-13H2,1-2H3,(H,21,24). The largest absolute Gasteiger partial charge is 0.464 e. The Morgan fingerprint density at radius 2 is 1.96 bits per heavy atom. The fourth-order valence-corrected chi connectivity index (χ4v) is 3.15. The van der Waals surface area contributed by atoms with Crippen LogP contribution in [-0.2, 0) is 22.6 Å². The molecule has 2 amide bonds. The molecule has 2 aromatic rings. The van der Waals surface area contributed by atoms with Crippen molar-refractivity contribution in [1.82, 2.24) is 10.2 Å². The highest BCUT2D eigenvalue weighted by molar-refractivity contribution is 5.90. The Labute approximate surface area is 148 Å². The number of hydrogen-bond donors (Lipinski definition) is 1. The highest BCUT2D eigenvalue weighted by atomic mass is 16.3. The number of nitrogens with one attached hydrogen (secondary N) is 1. The molecule has 0 spiro atoms. The number of carbonyl (C=O) groups excluding carboxylic acids is 2. The Bertz CT molecular complexity index is 749. The highest BCUT2D eigenvalue weighted by Gasteiger charge is 2.36. The molecule has 1 aliphatic heterocycles. The summed E-state index contributed by atoms with van der Waals surface area (Å²) >= 11 is 0. The molecule has 1 atom stereocenters. The SMILES string of the molecule is Cc1ccc(CCNC(=O)C2CCC(=O)N2Cc2ccc(C)o2)cc1. The first kappa shape index (κ1) is 17.3. The zero-order valence-corrected chi connectivity index (χ0v) is 14.7. The van der Waals surface area contributed by atoms with Gasteiger partial charge in [-0.05, 0) is 44.4 Å². The molecule has 2 heterocycles. The molecule has 25 heavy (non-hydrogen) atoms. The van der Waals surface area contributed by atoms with E-state index in [1.54, 1.807) is 4.90 Å². The topological polar surface area (TPSA) is 62.6 Å². The van der Waals surface area contributed by atoms with Crippen LogP contribution in [0.1, 0.15) is 35.5 Å². The van der Waals surface area contributed by atoms with Gasteiger partial charge in [0.2, 0.25) is 11.8 Å². The van der Waals surface area contributed by atoms with E-state index in [2.05, 4.69) is 36.5 Å². The number of carbonyl (C=O) groups is 2. The van der Waals surface area contributed by atoms with Crippen molar-refractivity contribution in [2.75, 3.05) is 6.54 Å². The maximum atomic E-state index is 12.5. The summed E-state index contributed by atoms with van der Waals surface area (Å²) in [6, 6.07) is 11.6. The molecule has 1 fully saturated rings. The van der Waals surface area contributed by atoms with Crippen LogP contribution in [0.3, 0.4) is 0 Å². The van der Waals surface area contributed by atoms with Crippen molar-refractivity contribution in [3.8, 4) is 0 Å². The van der Waals surface area contributed by atoms with E-state index in [-0.39, 0.29) is 11.8 Å². The summed E-state index contributed by atoms with van der Waals surface area (Å²) < 4.78 is 5.54. The van der Waals surface area contributed by atoms with Gasteiger partial charge >= 0.3 is 0 Å². The average molecular weight is 340 g/mol. The number of rotatable bonds is 6. The molecule has 5 heteroatoms. The molecule has 1 aromatic carbocycles. The molecule has 0 bridgehead atoms. The molecular formula is C20H24N2O3. The van der Waals surface area contributed by atoms with Gasteiger partial charge in [0.25, 0.3) is 0 Å². The van der Waals surface area contributed by atoms with Gasteiger partial charge in [-0.1, -0.05) is 29.8 Å². The summed E-state index contributed by atoms with van der Waals surface area (Å²) in [6.45, 7) is 4.84. The second-order valence-corrected chi connectivity index (χ2v) is 6.62. The van der Waals surface area contributed by atoms with Gasteiger partial charge in [0.15, 0.2) is 0 Å². The minimum Gasteiger partial charge on any atom is -0.464 e. The number of hydrogen-bond acceptors (Lipinski definition) is 3. The molecule has 1 unspecified atom stereocenters. The second kappa shape index (κ2) is 7.55. The van der Waals surface area contributed by atoms with Crippen LogP contribution in [-0.4, -0.2) is 29.3 Å². The van der Waals surface area contributed by atoms with Crippen molar-refractivity contribution >= 4 is 11.8 Å². The molecule has 1 aromatic heterocycles. The summed E-state index contributed by atoms with van der Waals surface area (Å²) in [4.78, 5) is 26.3. The molecule has 1 aliphatic rings. The van der Waals surface area contributed by atoms with Gasteiger partial charge < -0.3 is 14.6 Å². The van der Waals surface area contributed by atoms with Crippen LogP contribution in [0.5, 0.6) is 0 Å². The first-order valence-corrected chi connectivity index (χ1v) is 8.71. The predicted molar refractivity (Wildman–Crippen MR) is 94.9 cm³/mol. The van der Waals surface area contributed by atoms with Crippen molar-refractivity contribution in [2.24, 2.45) is 0 Å². The summed E-state index contributed by atoms with van der Waals surface area (Å²) in [5.74, 6) is 1.44. The molecule has 0 aliphatic carbocycles. The second-order valence-electron chi connectivity index (χ2n) is 6.62. The number of aryl methyl sites for hydroxylation is 2. The molecule has 132 valence electrons. The predicted octanol–water partition coefficient (Wildman–Crippen LogP) is 2.75. The number of benzene rings is 1. The van der Waals surface area contributed by atoms with Crippen LogP contribution in [0.15, 0.2) is 40.8 Å². The van der Waals surface area contributed by atoms with Crippen molar-refractivity contribution in [3.05, 3.63) is 59.0 Å². The average Bonchev–Trinajstić information content (AvgIpc) is 3.16. The molecule has 5 nitrogen and oxygen atoms in total. The summed E-state index contributed by atoms with van der Waals surface area (Å²) in [5.41, 5.74) is 2.41. The van der Waals surface area contributed by atoms with E-state index < -0.39 is 6.04 Å². The normalized spacial score (nSPS) is 17.1. The van der Waals surface area contributed by atoms with Crippen molar-refractivity contribution in [2.45, 2.75) is 45.7 Å². The van der Waals surface area contributed by atoms with Crippen LogP contribution in [0.4, 0.5) is 0 Å². The fourth-order valence-electron chi connectivity index (χ4n) is 3.15. The van der Waals surface area contributed by atoms with Gasteiger partial charge in [0.1, 0.15) is 17.6 Å². The Kier molecular flexibility index (Phi) is 5.22. The maximum absolute atomic E-state index is 12.5. The van der Waals surface area contributed by atoms with Gasteiger partial charge in [0, 0.05) is 13.0 Å². The third kappa shape index (κ3) is 4.29. The smallest absolute Gasteiger partial charge is 0.242 e. The number of likely N-dealkylation sites (tertiary alicyclic amines) is 1. The van der Waals surface area contributed by atoms with Crippen LogP contribution in [0, 0.1) is 13.8 Å². The van der Waals surface area contributed by atoms with Crippen molar-refractivity contribution < 1.29 is 14.0 Å². The monoisotopic (exact) mass is 340 g/mol. The van der Waals surface area contributed by atoms with Crippen LogP contribution < -0.4 is 5.32 Å². The van der Waals surface area contributed by atoms with Crippen LogP contribution in [0.25, 0.3) is 0 Å². The molecule has 0 saturated carbocycles. The highest BCUT2D eigenvalue weighted by Crippen LogP contribution is 2.22. The maximum Gasteiger partial charge on any atom is 0.242 e. The van der Waals surface area contributed by atoms with E-state index in [9.17, 15) is 9.59 Å². The Morgan fingerprint density at radius 3 is 2.64 bits per heavy atom. The molecule has 1 N–H and O–H groups in total. The van der Waals surface area contributed by atoms with Gasteiger partial charge in [0.05, 0.1) is 6.54 Å². The fraction of sp³-hybridized carbons (Fsp3) is 0.400. The minimum atomic E-state index is -0.407. The van der Waals surface area contributed by atoms with Gasteiger partial charge in [-0.25, -0.2) is 0 Å². The summed E-state index contributed by atoms with van der Waals surface area (Å²) in [6.07, 6.45) is 1.76. The van der Waals surface area contributed by atoms with Gasteiger partial charge in [-0.15, -0.1) is 0 Å².